The van der Waals surface area contributed by atoms with E-state index in [2.05, 4.69) is 15.9 Å². The number of amides is 2. The third-order valence-corrected chi connectivity index (χ3v) is 4.44. The van der Waals surface area contributed by atoms with Gasteiger partial charge in [0.2, 0.25) is 0 Å². The molecule has 25 heavy (non-hydrogen) atoms. The lowest BCUT2D eigenvalue weighted by Gasteiger charge is -2.34. The Hall–Kier alpha value is -2.47. The SMILES string of the molecule is Cc1nocc1C1(C)C=C(c2ccc(Cl)cc2)NN1C(=O)NC(C)C. The second kappa shape index (κ2) is 6.44. The molecule has 0 radical (unpaired) electrons. The number of aryl methyl sites for hydroxylation is 1. The van der Waals surface area contributed by atoms with Gasteiger partial charge in [-0.05, 0) is 51.5 Å². The molecule has 2 amide bonds. The minimum atomic E-state index is -0.738. The van der Waals surface area contributed by atoms with Crippen LogP contribution in [-0.4, -0.2) is 22.2 Å². The lowest BCUT2D eigenvalue weighted by Crippen LogP contribution is -2.54. The number of hydrogen-bond acceptors (Lipinski definition) is 4. The van der Waals surface area contributed by atoms with E-state index in [1.54, 1.807) is 11.3 Å². The van der Waals surface area contributed by atoms with Crippen LogP contribution in [0.2, 0.25) is 5.02 Å². The third kappa shape index (κ3) is 3.22. The van der Waals surface area contributed by atoms with Crippen LogP contribution in [0.25, 0.3) is 5.70 Å². The van der Waals surface area contributed by atoms with Gasteiger partial charge in [0.1, 0.15) is 11.8 Å². The summed E-state index contributed by atoms with van der Waals surface area (Å²) in [5.41, 5.74) is 5.78. The molecule has 7 heteroatoms. The molecule has 1 unspecified atom stereocenters. The Bertz CT molecular complexity index is 813. The standard InChI is InChI=1S/C18H21ClN4O2/c1-11(2)20-17(24)23-18(4,15-10-25-22-12(15)3)9-16(21-23)13-5-7-14(19)8-6-13/h5-11,21H,1-4H3,(H,20,24). The summed E-state index contributed by atoms with van der Waals surface area (Å²) < 4.78 is 5.11. The molecule has 0 saturated heterocycles. The van der Waals surface area contributed by atoms with Crippen molar-refractivity contribution < 1.29 is 9.32 Å². The Labute approximate surface area is 151 Å². The number of halogens is 1. The predicted octanol–water partition coefficient (Wildman–Crippen LogP) is 3.83. The Balaban J connectivity index is 2.03. The summed E-state index contributed by atoms with van der Waals surface area (Å²) in [6.45, 7) is 7.64. The summed E-state index contributed by atoms with van der Waals surface area (Å²) in [6, 6.07) is 7.24. The van der Waals surface area contributed by atoms with Crippen LogP contribution in [0.5, 0.6) is 0 Å². The van der Waals surface area contributed by atoms with Gasteiger partial charge in [-0.15, -0.1) is 0 Å². The van der Waals surface area contributed by atoms with Crippen molar-refractivity contribution in [1.82, 2.24) is 20.9 Å². The maximum absolute atomic E-state index is 12.8. The summed E-state index contributed by atoms with van der Waals surface area (Å²) in [6.07, 6.45) is 3.57. The van der Waals surface area contributed by atoms with E-state index in [1.165, 1.54) is 0 Å². The first-order valence-corrected chi connectivity index (χ1v) is 8.46. The van der Waals surface area contributed by atoms with Gasteiger partial charge in [-0.3, -0.25) is 5.43 Å². The van der Waals surface area contributed by atoms with Gasteiger partial charge in [0.15, 0.2) is 0 Å². The number of carbonyl (C=O) groups is 1. The number of hydrazine groups is 1. The fraction of sp³-hybridized carbons (Fsp3) is 0.333. The highest BCUT2D eigenvalue weighted by Gasteiger charge is 2.43. The second-order valence-electron chi connectivity index (χ2n) is 6.58. The molecular formula is C18H21ClN4O2. The molecule has 6 nitrogen and oxygen atoms in total. The van der Waals surface area contributed by atoms with Crippen molar-refractivity contribution in [2.45, 2.75) is 39.3 Å². The first-order valence-electron chi connectivity index (χ1n) is 8.09. The zero-order valence-corrected chi connectivity index (χ0v) is 15.4. The lowest BCUT2D eigenvalue weighted by molar-refractivity contribution is 0.136. The van der Waals surface area contributed by atoms with Crippen molar-refractivity contribution in [3.63, 3.8) is 0 Å². The Morgan fingerprint density at radius 3 is 2.60 bits per heavy atom. The maximum Gasteiger partial charge on any atom is 0.337 e. The zero-order valence-electron chi connectivity index (χ0n) is 14.6. The molecule has 2 aromatic rings. The molecular weight excluding hydrogens is 340 g/mol. The normalized spacial score (nSPS) is 19.8. The molecule has 0 spiro atoms. The molecule has 132 valence electrons. The van der Waals surface area contributed by atoms with E-state index >= 15 is 0 Å². The van der Waals surface area contributed by atoms with E-state index in [1.807, 2.05) is 58.0 Å². The number of nitrogens with one attached hydrogen (secondary N) is 2. The van der Waals surface area contributed by atoms with Crippen molar-refractivity contribution >= 4 is 23.3 Å². The molecule has 0 bridgehead atoms. The highest BCUT2D eigenvalue weighted by atomic mass is 35.5. The van der Waals surface area contributed by atoms with Gasteiger partial charge in [-0.2, -0.15) is 0 Å². The lowest BCUT2D eigenvalue weighted by atomic mass is 9.91. The largest absolute Gasteiger partial charge is 0.364 e. The number of aromatic nitrogens is 1. The van der Waals surface area contributed by atoms with Gasteiger partial charge >= 0.3 is 6.03 Å². The van der Waals surface area contributed by atoms with Crippen LogP contribution in [-0.2, 0) is 5.54 Å². The van der Waals surface area contributed by atoms with Gasteiger partial charge in [-0.1, -0.05) is 28.9 Å². The Kier molecular flexibility index (Phi) is 4.47. The van der Waals surface area contributed by atoms with E-state index in [0.29, 0.717) is 5.02 Å². The third-order valence-electron chi connectivity index (χ3n) is 4.19. The smallest absolute Gasteiger partial charge is 0.337 e. The van der Waals surface area contributed by atoms with Crippen LogP contribution >= 0.6 is 11.6 Å². The Morgan fingerprint density at radius 2 is 2.04 bits per heavy atom. The summed E-state index contributed by atoms with van der Waals surface area (Å²) in [5.74, 6) is 0. The van der Waals surface area contributed by atoms with Crippen LogP contribution < -0.4 is 10.7 Å². The molecule has 1 aliphatic rings. The number of carbonyl (C=O) groups excluding carboxylic acids is 1. The molecule has 2 heterocycles. The van der Waals surface area contributed by atoms with E-state index in [0.717, 1.165) is 22.5 Å². The Morgan fingerprint density at radius 1 is 1.36 bits per heavy atom. The number of benzene rings is 1. The maximum atomic E-state index is 12.8. The highest BCUT2D eigenvalue weighted by Crippen LogP contribution is 2.38. The average Bonchev–Trinajstić information content (AvgIpc) is 3.12. The molecule has 1 aromatic heterocycles. The van der Waals surface area contributed by atoms with E-state index in [4.69, 9.17) is 16.1 Å². The van der Waals surface area contributed by atoms with Gasteiger partial charge in [0.05, 0.1) is 11.4 Å². The van der Waals surface area contributed by atoms with Gasteiger partial charge in [0.25, 0.3) is 0 Å². The quantitative estimate of drug-likeness (QED) is 0.872. The second-order valence-corrected chi connectivity index (χ2v) is 7.01. The fourth-order valence-corrected chi connectivity index (χ4v) is 3.07. The van der Waals surface area contributed by atoms with Gasteiger partial charge in [0, 0.05) is 16.6 Å². The summed E-state index contributed by atoms with van der Waals surface area (Å²) in [7, 11) is 0. The molecule has 1 aliphatic heterocycles. The predicted molar refractivity (Wildman–Crippen MR) is 96.7 cm³/mol. The topological polar surface area (TPSA) is 70.4 Å². The minimum Gasteiger partial charge on any atom is -0.364 e. The summed E-state index contributed by atoms with van der Waals surface area (Å²) >= 11 is 5.98. The van der Waals surface area contributed by atoms with Crippen molar-refractivity contribution in [3.05, 3.63) is 58.4 Å². The van der Waals surface area contributed by atoms with Crippen LogP contribution in [0.15, 0.2) is 41.1 Å². The van der Waals surface area contributed by atoms with Crippen LogP contribution in [0.3, 0.4) is 0 Å². The van der Waals surface area contributed by atoms with E-state index in [-0.39, 0.29) is 12.1 Å². The van der Waals surface area contributed by atoms with Gasteiger partial charge in [-0.25, -0.2) is 9.80 Å². The highest BCUT2D eigenvalue weighted by molar-refractivity contribution is 6.30. The van der Waals surface area contributed by atoms with E-state index < -0.39 is 5.54 Å². The molecule has 1 atom stereocenters. The average molecular weight is 361 g/mol. The molecule has 0 aliphatic carbocycles. The minimum absolute atomic E-state index is 0.0155. The first kappa shape index (κ1) is 17.4. The first-order chi connectivity index (χ1) is 11.8. The van der Waals surface area contributed by atoms with Crippen LogP contribution in [0.1, 0.15) is 37.6 Å². The number of nitrogens with zero attached hydrogens (tertiary/aromatic N) is 2. The number of rotatable bonds is 3. The van der Waals surface area contributed by atoms with Crippen molar-refractivity contribution in [1.29, 1.82) is 0 Å². The molecule has 2 N–H and O–H groups in total. The molecule has 0 fully saturated rings. The fourth-order valence-electron chi connectivity index (χ4n) is 2.94. The van der Waals surface area contributed by atoms with Crippen molar-refractivity contribution in [3.8, 4) is 0 Å². The number of hydrogen-bond donors (Lipinski definition) is 2. The number of urea groups is 1. The molecule has 1 aromatic carbocycles. The zero-order chi connectivity index (χ0) is 18.2. The monoisotopic (exact) mass is 360 g/mol. The van der Waals surface area contributed by atoms with E-state index in [9.17, 15) is 4.79 Å². The molecule has 0 saturated carbocycles. The van der Waals surface area contributed by atoms with Crippen LogP contribution in [0, 0.1) is 6.92 Å². The van der Waals surface area contributed by atoms with Gasteiger partial charge < -0.3 is 9.84 Å². The van der Waals surface area contributed by atoms with Crippen molar-refractivity contribution in [2.75, 3.05) is 0 Å². The van der Waals surface area contributed by atoms with Crippen LogP contribution in [0.4, 0.5) is 4.79 Å². The van der Waals surface area contributed by atoms with Crippen molar-refractivity contribution in [2.24, 2.45) is 0 Å². The molecule has 3 rings (SSSR count). The summed E-state index contributed by atoms with van der Waals surface area (Å²) in [5, 5.41) is 9.11. The summed E-state index contributed by atoms with van der Waals surface area (Å²) in [4.78, 5) is 12.8.